The maximum atomic E-state index is 12.6. The normalized spacial score (nSPS) is 12.9. The monoisotopic (exact) mass is 737 g/mol. The maximum Gasteiger partial charge on any atom is 0.309 e. The summed E-state index contributed by atoms with van der Waals surface area (Å²) in [6, 6.07) is 0. The van der Waals surface area contributed by atoms with Crippen LogP contribution in [0.15, 0.2) is 85.1 Å². The molecule has 0 bridgehead atoms. The smallest absolute Gasteiger partial charge is 0.309 e. The van der Waals surface area contributed by atoms with Crippen molar-refractivity contribution in [1.82, 2.24) is 0 Å². The predicted octanol–water partition coefficient (Wildman–Crippen LogP) is 13.3. The van der Waals surface area contributed by atoms with Gasteiger partial charge in [-0.1, -0.05) is 164 Å². The molecular weight excluding hydrogens is 661 g/mol. The number of carbonyl (C=O) groups excluding carboxylic acids is 3. The van der Waals surface area contributed by atoms with E-state index >= 15 is 0 Å². The van der Waals surface area contributed by atoms with Crippen molar-refractivity contribution in [3.63, 3.8) is 0 Å². The van der Waals surface area contributed by atoms with Crippen LogP contribution in [0, 0.1) is 0 Å². The second-order valence-corrected chi connectivity index (χ2v) is 13.5. The van der Waals surface area contributed by atoms with E-state index in [0.717, 1.165) is 109 Å². The van der Waals surface area contributed by atoms with Crippen molar-refractivity contribution in [1.29, 1.82) is 0 Å². The van der Waals surface area contributed by atoms with E-state index in [0.29, 0.717) is 12.8 Å². The summed E-state index contributed by atoms with van der Waals surface area (Å²) in [5.41, 5.74) is 0. The van der Waals surface area contributed by atoms with Gasteiger partial charge in [0.25, 0.3) is 0 Å². The highest BCUT2D eigenvalue weighted by Gasteiger charge is 2.19. The van der Waals surface area contributed by atoms with Crippen LogP contribution in [-0.2, 0) is 28.6 Å². The lowest BCUT2D eigenvalue weighted by molar-refractivity contribution is -0.166. The zero-order valence-corrected chi connectivity index (χ0v) is 34.0. The second-order valence-electron chi connectivity index (χ2n) is 13.5. The zero-order valence-electron chi connectivity index (χ0n) is 34.0. The number of carbonyl (C=O) groups is 3. The lowest BCUT2D eigenvalue weighted by atomic mass is 10.1. The molecule has 0 spiro atoms. The van der Waals surface area contributed by atoms with Crippen LogP contribution in [0.3, 0.4) is 0 Å². The van der Waals surface area contributed by atoms with Crippen molar-refractivity contribution in [3.8, 4) is 0 Å². The maximum absolute atomic E-state index is 12.6. The highest BCUT2D eigenvalue weighted by Crippen LogP contribution is 2.11. The lowest BCUT2D eigenvalue weighted by Gasteiger charge is -2.18. The molecule has 0 aromatic carbocycles. The molecule has 6 nitrogen and oxygen atoms in total. The first kappa shape index (κ1) is 49.6. The van der Waals surface area contributed by atoms with Gasteiger partial charge in [-0.3, -0.25) is 14.4 Å². The van der Waals surface area contributed by atoms with Crippen molar-refractivity contribution in [2.45, 2.75) is 181 Å². The second kappa shape index (κ2) is 41.3. The molecule has 0 saturated heterocycles. The van der Waals surface area contributed by atoms with Crippen LogP contribution in [0.2, 0.25) is 0 Å². The number of ether oxygens (including phenoxy) is 3. The molecule has 53 heavy (non-hydrogen) atoms. The van der Waals surface area contributed by atoms with Crippen LogP contribution in [0.5, 0.6) is 0 Å². The Morgan fingerprint density at radius 3 is 1.36 bits per heavy atom. The van der Waals surface area contributed by atoms with Crippen LogP contribution < -0.4 is 0 Å². The van der Waals surface area contributed by atoms with Gasteiger partial charge in [0.2, 0.25) is 0 Å². The molecule has 0 radical (unpaired) electrons. The minimum atomic E-state index is -0.818. The Bertz CT molecular complexity index is 1080. The Morgan fingerprint density at radius 1 is 0.415 bits per heavy atom. The molecular formula is C47H76O6. The molecule has 1 atom stereocenters. The summed E-state index contributed by atoms with van der Waals surface area (Å²) < 4.78 is 16.4. The quantitative estimate of drug-likeness (QED) is 0.0276. The molecule has 0 aliphatic heterocycles. The third kappa shape index (κ3) is 39.6. The summed E-state index contributed by atoms with van der Waals surface area (Å²) in [4.78, 5) is 37.3. The molecule has 0 heterocycles. The first-order valence-electron chi connectivity index (χ1n) is 21.1. The molecule has 0 saturated carbocycles. The van der Waals surface area contributed by atoms with Gasteiger partial charge in [-0.05, 0) is 77.0 Å². The van der Waals surface area contributed by atoms with Gasteiger partial charge in [0, 0.05) is 12.8 Å². The molecule has 0 aliphatic rings. The predicted molar refractivity (Wildman–Crippen MR) is 224 cm³/mol. The average Bonchev–Trinajstić information content (AvgIpc) is 3.15. The molecule has 1 unspecified atom stereocenters. The molecule has 300 valence electrons. The number of rotatable bonds is 36. The lowest BCUT2D eigenvalue weighted by Crippen LogP contribution is -2.30. The van der Waals surface area contributed by atoms with Gasteiger partial charge in [-0.2, -0.15) is 0 Å². The van der Waals surface area contributed by atoms with Crippen LogP contribution in [0.4, 0.5) is 0 Å². The Labute approximate surface area is 325 Å². The minimum Gasteiger partial charge on any atom is -0.462 e. The highest BCUT2D eigenvalue weighted by molar-refractivity contribution is 5.72. The van der Waals surface area contributed by atoms with E-state index in [9.17, 15) is 14.4 Å². The minimum absolute atomic E-state index is 0.114. The Hall–Kier alpha value is -3.41. The summed E-state index contributed by atoms with van der Waals surface area (Å²) in [6.45, 7) is 6.27. The zero-order chi connectivity index (χ0) is 38.7. The van der Waals surface area contributed by atoms with Gasteiger partial charge in [0.1, 0.15) is 13.2 Å². The van der Waals surface area contributed by atoms with Crippen molar-refractivity contribution < 1.29 is 28.6 Å². The molecule has 0 aromatic heterocycles. The molecule has 0 amide bonds. The van der Waals surface area contributed by atoms with Gasteiger partial charge in [-0.15, -0.1) is 0 Å². The van der Waals surface area contributed by atoms with Crippen molar-refractivity contribution in [2.75, 3.05) is 13.2 Å². The fourth-order valence-corrected chi connectivity index (χ4v) is 5.25. The fourth-order valence-electron chi connectivity index (χ4n) is 5.25. The van der Waals surface area contributed by atoms with Gasteiger partial charge in [0.15, 0.2) is 6.10 Å². The van der Waals surface area contributed by atoms with E-state index in [1.165, 1.54) is 25.7 Å². The van der Waals surface area contributed by atoms with Gasteiger partial charge < -0.3 is 14.2 Å². The fraction of sp³-hybridized carbons (Fsp3) is 0.638. The molecule has 0 rings (SSSR count). The molecule has 0 N–H and O–H groups in total. The SMILES string of the molecule is CC/C=C\C/C=C\C/C=C\C/C=C\C/C=C\CC(=O)OCC(COC(=O)CCCCCCC)OC(=O)CCCCCCC/C=C\C/C=C\CCCCC. The van der Waals surface area contributed by atoms with Gasteiger partial charge >= 0.3 is 17.9 Å². The van der Waals surface area contributed by atoms with E-state index in [1.54, 1.807) is 6.08 Å². The standard InChI is InChI=1S/C47H76O6/c1-4-7-10-13-15-17-19-21-23-25-27-29-31-34-37-40-46(49)52-43-44(42-51-45(48)39-36-33-12-9-6-3)53-47(50)41-38-35-32-30-28-26-24-22-20-18-16-14-11-8-5-2/h7,10,15-18,21-24,27,29,34,37,44H,4-6,8-9,11-14,19-20,25-26,28,30-33,35-36,38-43H2,1-3H3/b10-7-,17-15-,18-16-,23-21-,24-22-,29-27-,37-34-. The Balaban J connectivity index is 4.44. The Morgan fingerprint density at radius 2 is 0.811 bits per heavy atom. The van der Waals surface area contributed by atoms with E-state index in [-0.39, 0.29) is 31.6 Å². The molecule has 0 aliphatic carbocycles. The van der Waals surface area contributed by atoms with Crippen LogP contribution in [-0.4, -0.2) is 37.2 Å². The van der Waals surface area contributed by atoms with E-state index in [1.807, 2.05) is 6.08 Å². The molecule has 0 aromatic rings. The largest absolute Gasteiger partial charge is 0.462 e. The van der Waals surface area contributed by atoms with Crippen LogP contribution >= 0.6 is 0 Å². The third-order valence-corrected chi connectivity index (χ3v) is 8.42. The first-order chi connectivity index (χ1) is 26.0. The molecule has 6 heteroatoms. The summed E-state index contributed by atoms with van der Waals surface area (Å²) in [5, 5.41) is 0. The van der Waals surface area contributed by atoms with Gasteiger partial charge in [-0.25, -0.2) is 0 Å². The van der Waals surface area contributed by atoms with Crippen molar-refractivity contribution in [3.05, 3.63) is 85.1 Å². The topological polar surface area (TPSA) is 78.9 Å². The van der Waals surface area contributed by atoms with Gasteiger partial charge in [0.05, 0.1) is 6.42 Å². The van der Waals surface area contributed by atoms with Crippen LogP contribution in [0.25, 0.3) is 0 Å². The summed E-state index contributed by atoms with van der Waals surface area (Å²) >= 11 is 0. The highest BCUT2D eigenvalue weighted by atomic mass is 16.6. The van der Waals surface area contributed by atoms with E-state index in [4.69, 9.17) is 14.2 Å². The average molecular weight is 737 g/mol. The number of hydrogen-bond donors (Lipinski definition) is 0. The number of unbranched alkanes of at least 4 members (excludes halogenated alkanes) is 12. The van der Waals surface area contributed by atoms with Crippen LogP contribution in [0.1, 0.15) is 175 Å². The molecule has 0 fully saturated rings. The number of hydrogen-bond acceptors (Lipinski definition) is 6. The van der Waals surface area contributed by atoms with Crippen molar-refractivity contribution in [2.24, 2.45) is 0 Å². The van der Waals surface area contributed by atoms with Crippen molar-refractivity contribution >= 4 is 17.9 Å². The number of allylic oxidation sites excluding steroid dienone is 13. The third-order valence-electron chi connectivity index (χ3n) is 8.42. The van der Waals surface area contributed by atoms with E-state index < -0.39 is 12.1 Å². The number of esters is 3. The van der Waals surface area contributed by atoms with E-state index in [2.05, 4.69) is 93.7 Å². The first-order valence-corrected chi connectivity index (χ1v) is 21.1. The summed E-state index contributed by atoms with van der Waals surface area (Å²) in [6.07, 6.45) is 51.9. The summed E-state index contributed by atoms with van der Waals surface area (Å²) in [7, 11) is 0. The Kier molecular flexibility index (Phi) is 38.7. The summed E-state index contributed by atoms with van der Waals surface area (Å²) in [5.74, 6) is -1.09.